The minimum atomic E-state index is -1.58. The van der Waals surface area contributed by atoms with Crippen molar-refractivity contribution in [3.63, 3.8) is 0 Å². The topological polar surface area (TPSA) is 155 Å². The van der Waals surface area contributed by atoms with Crippen molar-refractivity contribution < 1.29 is 49.0 Å². The minimum Gasteiger partial charge on any atom is -0.394 e. The van der Waals surface area contributed by atoms with Crippen LogP contribution in [0.25, 0.3) is 0 Å². The third-order valence-electron chi connectivity index (χ3n) is 3.41. The van der Waals surface area contributed by atoms with Crippen LogP contribution in [0.5, 0.6) is 0 Å². The Morgan fingerprint density at radius 1 is 0.821 bits per heavy atom. The second-order valence-electron chi connectivity index (χ2n) is 5.72. The van der Waals surface area contributed by atoms with Gasteiger partial charge >= 0.3 is 0 Å². The Balaban J connectivity index is 3.68. The number of carbonyl (C=O) groups is 2. The van der Waals surface area contributed by atoms with Crippen LogP contribution in [0, 0.1) is 0 Å². The summed E-state index contributed by atoms with van der Waals surface area (Å²) in [7, 11) is 0. The van der Waals surface area contributed by atoms with Gasteiger partial charge in [0.1, 0.15) is 6.29 Å². The van der Waals surface area contributed by atoms with Gasteiger partial charge in [0.05, 0.1) is 72.2 Å². The quantitative estimate of drug-likeness (QED) is 0.122. The Bertz CT molecular complexity index is 385. The van der Waals surface area contributed by atoms with Crippen LogP contribution in [-0.4, -0.2) is 129 Å². The highest BCUT2D eigenvalue weighted by Gasteiger charge is 2.23. The van der Waals surface area contributed by atoms with Crippen molar-refractivity contribution in [1.29, 1.82) is 0 Å². The van der Waals surface area contributed by atoms with E-state index < -0.39 is 31.3 Å². The first-order valence-electron chi connectivity index (χ1n) is 9.18. The lowest BCUT2D eigenvalue weighted by Gasteiger charge is -2.26. The first kappa shape index (κ1) is 26.8. The van der Waals surface area contributed by atoms with Crippen molar-refractivity contribution in [1.82, 2.24) is 4.90 Å². The van der Waals surface area contributed by atoms with Gasteiger partial charge in [-0.15, -0.1) is 0 Å². The molecule has 0 radical (unpaired) electrons. The highest BCUT2D eigenvalue weighted by Crippen LogP contribution is 1.99. The number of amides is 1. The summed E-state index contributed by atoms with van der Waals surface area (Å²) < 4.78 is 21.0. The monoisotopic (exact) mass is 411 g/mol. The Labute approximate surface area is 164 Å². The number of hydrogen-bond donors (Lipinski definition) is 4. The van der Waals surface area contributed by atoms with E-state index in [1.165, 1.54) is 0 Å². The van der Waals surface area contributed by atoms with Crippen LogP contribution >= 0.6 is 0 Å². The summed E-state index contributed by atoms with van der Waals surface area (Å²) in [4.78, 5) is 23.1. The number of aliphatic hydroxyl groups excluding tert-OH is 4. The predicted molar refractivity (Wildman–Crippen MR) is 96.7 cm³/mol. The molecule has 28 heavy (non-hydrogen) atoms. The molecule has 0 aromatic heterocycles. The van der Waals surface area contributed by atoms with E-state index in [4.69, 9.17) is 29.2 Å². The first-order chi connectivity index (χ1) is 13.6. The molecule has 166 valence electrons. The van der Waals surface area contributed by atoms with Crippen molar-refractivity contribution in [3.05, 3.63) is 0 Å². The Morgan fingerprint density at radius 3 is 1.79 bits per heavy atom. The molecule has 0 heterocycles. The van der Waals surface area contributed by atoms with Gasteiger partial charge in [-0.3, -0.25) is 4.79 Å². The van der Waals surface area contributed by atoms with Gasteiger partial charge in [0.15, 0.2) is 6.10 Å². The molecule has 0 aromatic carbocycles. The highest BCUT2D eigenvalue weighted by molar-refractivity contribution is 5.80. The normalized spacial score (nSPS) is 13.3. The van der Waals surface area contributed by atoms with Crippen molar-refractivity contribution >= 4 is 12.2 Å². The lowest BCUT2D eigenvalue weighted by Crippen LogP contribution is -2.46. The largest absolute Gasteiger partial charge is 0.394 e. The van der Waals surface area contributed by atoms with Gasteiger partial charge in [0.2, 0.25) is 0 Å². The van der Waals surface area contributed by atoms with Crippen LogP contribution < -0.4 is 0 Å². The van der Waals surface area contributed by atoms with Gasteiger partial charge in [0, 0.05) is 19.5 Å². The van der Waals surface area contributed by atoms with Gasteiger partial charge in [-0.05, 0) is 0 Å². The number of rotatable bonds is 20. The van der Waals surface area contributed by atoms with Gasteiger partial charge in [-0.25, -0.2) is 0 Å². The van der Waals surface area contributed by atoms with Crippen LogP contribution in [0.15, 0.2) is 0 Å². The predicted octanol–water partition coefficient (Wildman–Crippen LogP) is -2.82. The van der Waals surface area contributed by atoms with Crippen molar-refractivity contribution in [2.75, 3.05) is 79.2 Å². The molecular weight excluding hydrogens is 378 g/mol. The van der Waals surface area contributed by atoms with Crippen LogP contribution in [-0.2, 0) is 28.5 Å². The molecule has 0 rings (SSSR count). The minimum absolute atomic E-state index is 0.0835. The molecule has 2 atom stereocenters. The maximum Gasteiger partial charge on any atom is 0.253 e. The van der Waals surface area contributed by atoms with E-state index in [9.17, 15) is 19.8 Å². The molecule has 0 spiro atoms. The van der Waals surface area contributed by atoms with Gasteiger partial charge in [-0.1, -0.05) is 0 Å². The first-order valence-corrected chi connectivity index (χ1v) is 9.18. The number of ether oxygens (including phenoxy) is 4. The molecule has 0 aliphatic carbocycles. The number of hydrogen-bond acceptors (Lipinski definition) is 10. The van der Waals surface area contributed by atoms with Gasteiger partial charge in [0.25, 0.3) is 5.91 Å². The fourth-order valence-corrected chi connectivity index (χ4v) is 1.96. The molecule has 0 bridgehead atoms. The van der Waals surface area contributed by atoms with E-state index in [0.29, 0.717) is 46.1 Å². The maximum absolute atomic E-state index is 11.9. The molecule has 4 N–H and O–H groups in total. The summed E-state index contributed by atoms with van der Waals surface area (Å²) in [6.45, 7) is 1.40. The standard InChI is InChI=1S/C17H33NO10/c19-3-1-4-25-6-8-27-10-11-28-9-7-26-5-2-18(12-15(22)13-20)17(24)16(23)14-21/h3,15-16,20-23H,1-2,4-14H2. The summed E-state index contributed by atoms with van der Waals surface area (Å²) in [6.07, 6.45) is -1.56. The van der Waals surface area contributed by atoms with Crippen molar-refractivity contribution in [2.45, 2.75) is 18.6 Å². The summed E-state index contributed by atoms with van der Waals surface area (Å²) >= 11 is 0. The molecule has 0 aliphatic rings. The number of aliphatic hydroxyl groups is 4. The van der Waals surface area contributed by atoms with Crippen LogP contribution in [0.1, 0.15) is 6.42 Å². The summed E-state index contributed by atoms with van der Waals surface area (Å²) in [5, 5.41) is 36.6. The van der Waals surface area contributed by atoms with E-state index in [1.807, 2.05) is 0 Å². The lowest BCUT2D eigenvalue weighted by molar-refractivity contribution is -0.144. The zero-order chi connectivity index (χ0) is 21.0. The van der Waals surface area contributed by atoms with Crippen molar-refractivity contribution in [3.8, 4) is 0 Å². The van der Waals surface area contributed by atoms with Crippen LogP contribution in [0.4, 0.5) is 0 Å². The van der Waals surface area contributed by atoms with Gasteiger partial charge in [-0.2, -0.15) is 0 Å². The Hall–Kier alpha value is -1.18. The van der Waals surface area contributed by atoms with Gasteiger partial charge < -0.3 is 49.1 Å². The maximum atomic E-state index is 11.9. The second-order valence-corrected chi connectivity index (χ2v) is 5.72. The van der Waals surface area contributed by atoms with E-state index in [2.05, 4.69) is 0 Å². The lowest BCUT2D eigenvalue weighted by atomic mass is 10.2. The molecule has 0 saturated heterocycles. The van der Waals surface area contributed by atoms with Crippen LogP contribution in [0.3, 0.4) is 0 Å². The fourth-order valence-electron chi connectivity index (χ4n) is 1.96. The number of carbonyl (C=O) groups excluding carboxylic acids is 2. The zero-order valence-electron chi connectivity index (χ0n) is 16.1. The highest BCUT2D eigenvalue weighted by atomic mass is 16.6. The van der Waals surface area contributed by atoms with Crippen LogP contribution in [0.2, 0.25) is 0 Å². The fraction of sp³-hybridized carbons (Fsp3) is 0.882. The molecular formula is C17H33NO10. The third-order valence-corrected chi connectivity index (χ3v) is 3.41. The molecule has 2 unspecified atom stereocenters. The van der Waals surface area contributed by atoms with E-state index in [-0.39, 0.29) is 26.3 Å². The Kier molecular flexibility index (Phi) is 18.3. The summed E-state index contributed by atoms with van der Waals surface area (Å²) in [6, 6.07) is 0. The average molecular weight is 411 g/mol. The zero-order valence-corrected chi connectivity index (χ0v) is 16.1. The smallest absolute Gasteiger partial charge is 0.253 e. The molecule has 0 aromatic rings. The van der Waals surface area contributed by atoms with E-state index in [1.54, 1.807) is 0 Å². The average Bonchev–Trinajstić information content (AvgIpc) is 2.71. The molecule has 11 heteroatoms. The molecule has 0 fully saturated rings. The molecule has 11 nitrogen and oxygen atoms in total. The number of aldehydes is 1. The van der Waals surface area contributed by atoms with E-state index >= 15 is 0 Å². The van der Waals surface area contributed by atoms with Crippen molar-refractivity contribution in [2.24, 2.45) is 0 Å². The number of nitrogens with zero attached hydrogens (tertiary/aromatic N) is 1. The molecule has 0 aliphatic heterocycles. The third kappa shape index (κ3) is 14.8. The van der Waals surface area contributed by atoms with E-state index in [0.717, 1.165) is 11.2 Å². The molecule has 1 amide bonds. The molecule has 0 saturated carbocycles. The Morgan fingerprint density at radius 2 is 1.32 bits per heavy atom. The second kappa shape index (κ2) is 19.2. The SMILES string of the molecule is O=CCCOCCOCCOCCOCCN(CC(O)CO)C(=O)C(O)CO. The summed E-state index contributed by atoms with van der Waals surface area (Å²) in [5.41, 5.74) is 0. The summed E-state index contributed by atoms with van der Waals surface area (Å²) in [5.74, 6) is -0.748.